The molecule has 6 rings (SSSR count). The number of nitrogen functional groups attached to an aromatic ring is 2. The van der Waals surface area contributed by atoms with E-state index in [1.165, 1.54) is 42.7 Å². The van der Waals surface area contributed by atoms with Crippen molar-refractivity contribution >= 4 is 51.3 Å². The predicted octanol–water partition coefficient (Wildman–Crippen LogP) is 3.26. The monoisotopic (exact) mass is 735 g/mol. The van der Waals surface area contributed by atoms with E-state index < -0.39 is 10.2 Å². The third kappa shape index (κ3) is 9.86. The topological polar surface area (TPSA) is 207 Å². The van der Waals surface area contributed by atoms with Gasteiger partial charge < -0.3 is 42.0 Å². The number of carbonyl (C=O) groups excluding carboxylic acids is 1. The molecular weight excluding hydrogens is 690 g/mol. The molecule has 1 atom stereocenters. The maximum absolute atomic E-state index is 12.9. The normalized spacial score (nSPS) is 15.9. The molecule has 0 saturated carbocycles. The Hall–Kier alpha value is -5.45. The Balaban J connectivity index is 0.000000203. The smallest absolute Gasteiger partial charge is 0.332 e. The number of halogens is 1. The quantitative estimate of drug-likeness (QED) is 0.133. The molecule has 2 aliphatic rings. The number of rotatable bonds is 12. The Labute approximate surface area is 303 Å². The van der Waals surface area contributed by atoms with E-state index in [1.807, 2.05) is 30.1 Å². The summed E-state index contributed by atoms with van der Waals surface area (Å²) < 4.78 is 40.0. The highest BCUT2D eigenvalue weighted by molar-refractivity contribution is 7.86. The first kappa shape index (κ1) is 37.8. The number of para-hydroxylation sites is 1. The van der Waals surface area contributed by atoms with Gasteiger partial charge in [0.25, 0.3) is 0 Å². The van der Waals surface area contributed by atoms with Gasteiger partial charge in [-0.1, -0.05) is 30.3 Å². The number of nitrogens with zero attached hydrogens (tertiary/aromatic N) is 6. The number of nitrogens with one attached hydrogen (secondary N) is 3. The average Bonchev–Trinajstić information content (AvgIpc) is 3.11. The van der Waals surface area contributed by atoms with Crippen LogP contribution in [0.25, 0.3) is 0 Å². The Morgan fingerprint density at radius 3 is 2.19 bits per heavy atom. The molecule has 15 nitrogen and oxygen atoms in total. The van der Waals surface area contributed by atoms with Gasteiger partial charge in [-0.3, -0.25) is 4.79 Å². The molecule has 4 heterocycles. The van der Waals surface area contributed by atoms with Crippen LogP contribution in [0.1, 0.15) is 30.4 Å². The third-order valence-corrected chi connectivity index (χ3v) is 9.87. The van der Waals surface area contributed by atoms with Crippen molar-refractivity contribution in [2.45, 2.75) is 43.0 Å². The molecule has 1 amide bonds. The molecular formula is C35H46FN11O4S. The fourth-order valence-electron chi connectivity index (χ4n) is 6.23. The van der Waals surface area contributed by atoms with Gasteiger partial charge in [0.1, 0.15) is 29.0 Å². The van der Waals surface area contributed by atoms with Crippen LogP contribution >= 0.6 is 0 Å². The van der Waals surface area contributed by atoms with E-state index in [9.17, 15) is 17.1 Å². The Bertz CT molecular complexity index is 1930. The second-order valence-electron chi connectivity index (χ2n) is 12.5. The fraction of sp³-hybridized carbons (Fsp3) is 0.400. The minimum Gasteiger partial charge on any atom is -0.496 e. The van der Waals surface area contributed by atoms with Crippen LogP contribution in [0.3, 0.4) is 0 Å². The lowest BCUT2D eigenvalue weighted by molar-refractivity contribution is -0.125. The molecule has 0 unspecified atom stereocenters. The van der Waals surface area contributed by atoms with Crippen LogP contribution < -0.4 is 42.0 Å². The van der Waals surface area contributed by atoms with Crippen LogP contribution in [0, 0.1) is 5.92 Å². The van der Waals surface area contributed by atoms with Crippen LogP contribution in [0.4, 0.5) is 39.1 Å². The van der Waals surface area contributed by atoms with E-state index in [4.69, 9.17) is 16.2 Å². The van der Waals surface area contributed by atoms with Crippen molar-refractivity contribution in [3.05, 3.63) is 71.8 Å². The maximum Gasteiger partial charge on any atom is 0.332 e. The lowest BCUT2D eigenvalue weighted by Gasteiger charge is -2.39. The number of methoxy groups -OCH3 is 1. The van der Waals surface area contributed by atoms with E-state index in [0.717, 1.165) is 42.3 Å². The van der Waals surface area contributed by atoms with Crippen LogP contribution in [0.2, 0.25) is 0 Å². The highest BCUT2D eigenvalue weighted by atomic mass is 32.3. The molecule has 2 fully saturated rings. The Morgan fingerprint density at radius 2 is 1.56 bits per heavy atom. The van der Waals surface area contributed by atoms with E-state index in [-0.39, 0.29) is 22.7 Å². The van der Waals surface area contributed by atoms with Gasteiger partial charge in [-0.05, 0) is 61.4 Å². The Morgan fingerprint density at radius 1 is 0.923 bits per heavy atom. The molecule has 0 spiro atoms. The van der Waals surface area contributed by atoms with Crippen LogP contribution in [-0.2, 0) is 27.9 Å². The molecule has 4 aromatic rings. The van der Waals surface area contributed by atoms with Crippen LogP contribution in [0.5, 0.6) is 5.75 Å². The first-order valence-electron chi connectivity index (χ1n) is 17.1. The van der Waals surface area contributed by atoms with Gasteiger partial charge in [-0.2, -0.15) is 28.4 Å². The summed E-state index contributed by atoms with van der Waals surface area (Å²) in [6.45, 7) is 2.46. The summed E-state index contributed by atoms with van der Waals surface area (Å²) in [5, 5.41) is 8.82. The van der Waals surface area contributed by atoms with Gasteiger partial charge in [-0.15, -0.1) is 3.89 Å². The summed E-state index contributed by atoms with van der Waals surface area (Å²) in [7, 11) is 0.612. The zero-order chi connectivity index (χ0) is 37.3. The molecule has 2 saturated heterocycles. The minimum atomic E-state index is -4.69. The molecule has 0 bridgehead atoms. The highest BCUT2D eigenvalue weighted by Gasteiger charge is 2.33. The summed E-state index contributed by atoms with van der Waals surface area (Å²) >= 11 is 0. The SMILES string of the molecule is CNc1cc(N2CC(C(=O)NCCc3ccc(S(=O)(=O)F)cc3)C2)nc(N)n1.CNc1cc(N2CCCC[C@H]2Cc2ccccc2OC)nc(N)n1. The third-order valence-electron chi connectivity index (χ3n) is 9.04. The number of carbonyl (C=O) groups is 1. The van der Waals surface area contributed by atoms with Crippen molar-refractivity contribution < 1.29 is 21.8 Å². The number of aromatic nitrogens is 4. The number of ether oxygens (including phenoxy) is 1. The van der Waals surface area contributed by atoms with Gasteiger partial charge in [0.05, 0.1) is 17.9 Å². The first-order chi connectivity index (χ1) is 25.0. The number of nitrogens with two attached hydrogens (primary N) is 2. The van der Waals surface area contributed by atoms with E-state index in [2.05, 4.69) is 52.9 Å². The Kier molecular flexibility index (Phi) is 12.5. The number of anilines is 6. The van der Waals surface area contributed by atoms with Crippen molar-refractivity contribution in [1.82, 2.24) is 25.3 Å². The lowest BCUT2D eigenvalue weighted by atomic mass is 9.95. The zero-order valence-corrected chi connectivity index (χ0v) is 30.4. The predicted molar refractivity (Wildman–Crippen MR) is 201 cm³/mol. The summed E-state index contributed by atoms with van der Waals surface area (Å²) in [6.07, 6.45) is 4.99. The molecule has 278 valence electrons. The van der Waals surface area contributed by atoms with Gasteiger partial charge in [0.15, 0.2) is 0 Å². The number of hydrogen-bond donors (Lipinski definition) is 5. The molecule has 17 heteroatoms. The summed E-state index contributed by atoms with van der Waals surface area (Å²) in [5.74, 6) is 4.14. The summed E-state index contributed by atoms with van der Waals surface area (Å²) in [6, 6.07) is 17.8. The molecule has 52 heavy (non-hydrogen) atoms. The summed E-state index contributed by atoms with van der Waals surface area (Å²) in [5.41, 5.74) is 13.6. The molecule has 7 N–H and O–H groups in total. The van der Waals surface area contributed by atoms with Gasteiger partial charge in [-0.25, -0.2) is 0 Å². The second kappa shape index (κ2) is 17.2. The van der Waals surface area contributed by atoms with E-state index in [1.54, 1.807) is 20.2 Å². The maximum atomic E-state index is 12.9. The number of benzene rings is 2. The summed E-state index contributed by atoms with van der Waals surface area (Å²) in [4.78, 5) is 33.0. The van der Waals surface area contributed by atoms with Crippen molar-refractivity contribution in [1.29, 1.82) is 0 Å². The molecule has 0 radical (unpaired) electrons. The number of piperidine rings is 1. The van der Waals surface area contributed by atoms with Gasteiger partial charge >= 0.3 is 10.2 Å². The minimum absolute atomic E-state index is 0.0601. The molecule has 2 aromatic heterocycles. The largest absolute Gasteiger partial charge is 0.496 e. The van der Waals surface area contributed by atoms with E-state index in [0.29, 0.717) is 49.7 Å². The molecule has 2 aromatic carbocycles. The van der Waals surface area contributed by atoms with Crippen molar-refractivity contribution in [2.24, 2.45) is 5.92 Å². The van der Waals surface area contributed by atoms with Crippen LogP contribution in [-0.4, -0.2) is 87.7 Å². The van der Waals surface area contributed by atoms with Crippen molar-refractivity contribution in [3.63, 3.8) is 0 Å². The second-order valence-corrected chi connectivity index (χ2v) is 13.9. The first-order valence-corrected chi connectivity index (χ1v) is 18.4. The van der Waals surface area contributed by atoms with Crippen molar-refractivity contribution in [2.75, 3.05) is 79.3 Å². The number of amides is 1. The van der Waals surface area contributed by atoms with Gasteiger partial charge in [0.2, 0.25) is 17.8 Å². The molecule has 0 aliphatic carbocycles. The van der Waals surface area contributed by atoms with Crippen LogP contribution in [0.15, 0.2) is 65.6 Å². The number of hydrogen-bond acceptors (Lipinski definition) is 14. The molecule has 2 aliphatic heterocycles. The van der Waals surface area contributed by atoms with E-state index >= 15 is 0 Å². The average molecular weight is 736 g/mol. The standard InChI is InChI=1S/C18H25N5O.C17H21FN6O3S/c1-20-16-12-17(22-18(19)21-16)23-10-6-5-8-14(23)11-13-7-3-4-9-15(13)24-2;1-20-14-8-15(23-17(19)22-14)24-9-12(10-24)16(25)21-7-6-11-2-4-13(5-3-11)28(18,26)27/h3-4,7,9,12,14H,5-6,8,10-11H2,1-2H3,(H3,19,20,21,22);2-5,8,12H,6-7,9-10H2,1H3,(H,21,25)(H3,19,20,22,23)/t14-;/m0./s1. The zero-order valence-electron chi connectivity index (χ0n) is 29.5. The van der Waals surface area contributed by atoms with Gasteiger partial charge in [0, 0.05) is 58.4 Å². The lowest BCUT2D eigenvalue weighted by Crippen LogP contribution is -2.54. The van der Waals surface area contributed by atoms with Crippen molar-refractivity contribution in [3.8, 4) is 5.75 Å². The highest BCUT2D eigenvalue weighted by Crippen LogP contribution is 2.30. The fourth-order valence-corrected chi connectivity index (χ4v) is 6.70.